The molecule has 6 heteroatoms. The van der Waals surface area contributed by atoms with Gasteiger partial charge in [-0.1, -0.05) is 18.2 Å². The molecule has 24 heavy (non-hydrogen) atoms. The summed E-state index contributed by atoms with van der Waals surface area (Å²) in [6, 6.07) is 11.0. The maximum absolute atomic E-state index is 12.6. The van der Waals surface area contributed by atoms with Crippen molar-refractivity contribution in [3.05, 3.63) is 57.9 Å². The van der Waals surface area contributed by atoms with Crippen molar-refractivity contribution in [3.63, 3.8) is 0 Å². The zero-order valence-electron chi connectivity index (χ0n) is 12.9. The summed E-state index contributed by atoms with van der Waals surface area (Å²) in [6.45, 7) is 2.09. The van der Waals surface area contributed by atoms with E-state index >= 15 is 0 Å². The fourth-order valence-electron chi connectivity index (χ4n) is 3.05. The largest absolute Gasteiger partial charge is 0.507 e. The maximum Gasteiger partial charge on any atom is 0.347 e. The van der Waals surface area contributed by atoms with Gasteiger partial charge in [-0.05, 0) is 19.1 Å². The highest BCUT2D eigenvalue weighted by Crippen LogP contribution is 2.33. The van der Waals surface area contributed by atoms with Gasteiger partial charge in [-0.2, -0.15) is 0 Å². The van der Waals surface area contributed by atoms with E-state index in [1.165, 1.54) is 10.6 Å². The quantitative estimate of drug-likeness (QED) is 0.573. The van der Waals surface area contributed by atoms with Crippen molar-refractivity contribution in [3.8, 4) is 17.1 Å². The molecule has 2 aromatic heterocycles. The molecule has 6 nitrogen and oxygen atoms in total. The van der Waals surface area contributed by atoms with Crippen molar-refractivity contribution < 1.29 is 14.6 Å². The van der Waals surface area contributed by atoms with Crippen LogP contribution in [-0.4, -0.2) is 27.2 Å². The molecule has 0 atom stereocenters. The lowest BCUT2D eigenvalue weighted by atomic mass is 10.1. The summed E-state index contributed by atoms with van der Waals surface area (Å²) in [5.41, 5.74) is 1.95. The first kappa shape index (κ1) is 14.4. The van der Waals surface area contributed by atoms with Gasteiger partial charge in [0, 0.05) is 17.0 Å². The maximum atomic E-state index is 12.6. The monoisotopic (exact) mass is 322 g/mol. The number of ether oxygens (including phenoxy) is 1. The highest BCUT2D eigenvalue weighted by atomic mass is 16.5. The van der Waals surface area contributed by atoms with Crippen LogP contribution in [0.25, 0.3) is 22.3 Å². The summed E-state index contributed by atoms with van der Waals surface area (Å²) >= 11 is 0. The summed E-state index contributed by atoms with van der Waals surface area (Å²) in [5.74, 6) is -1.20. The van der Waals surface area contributed by atoms with Crippen LogP contribution in [0.5, 0.6) is 5.75 Å². The molecule has 0 saturated carbocycles. The number of aromatic hydroxyl groups is 1. The molecule has 4 rings (SSSR count). The lowest BCUT2D eigenvalue weighted by Crippen LogP contribution is -2.26. The van der Waals surface area contributed by atoms with Crippen molar-refractivity contribution >= 4 is 16.9 Å². The number of fused-ring (bicyclic) bond motifs is 4. The molecule has 0 fully saturated rings. The Morgan fingerprint density at radius 3 is 2.92 bits per heavy atom. The second kappa shape index (κ2) is 5.19. The Bertz CT molecular complexity index is 1050. The van der Waals surface area contributed by atoms with Crippen molar-refractivity contribution in [2.75, 3.05) is 6.61 Å². The van der Waals surface area contributed by atoms with Gasteiger partial charge in [0.25, 0.3) is 5.56 Å². The van der Waals surface area contributed by atoms with E-state index in [2.05, 4.69) is 4.98 Å². The number of nitrogens with zero attached hydrogens (tertiary/aromatic N) is 2. The van der Waals surface area contributed by atoms with Crippen molar-refractivity contribution in [1.29, 1.82) is 0 Å². The van der Waals surface area contributed by atoms with Crippen LogP contribution in [0.3, 0.4) is 0 Å². The Morgan fingerprint density at radius 2 is 2.12 bits per heavy atom. The molecule has 0 radical (unpaired) electrons. The van der Waals surface area contributed by atoms with Gasteiger partial charge < -0.3 is 14.4 Å². The van der Waals surface area contributed by atoms with Crippen LogP contribution in [0.2, 0.25) is 0 Å². The van der Waals surface area contributed by atoms with Gasteiger partial charge in [0.05, 0.1) is 30.1 Å². The highest BCUT2D eigenvalue weighted by Gasteiger charge is 2.28. The van der Waals surface area contributed by atoms with E-state index in [-0.39, 0.29) is 17.9 Å². The van der Waals surface area contributed by atoms with E-state index in [1.54, 1.807) is 6.92 Å². The number of rotatable bonds is 2. The number of pyridine rings is 2. The fourth-order valence-corrected chi connectivity index (χ4v) is 3.05. The molecule has 1 aromatic carbocycles. The summed E-state index contributed by atoms with van der Waals surface area (Å²) in [7, 11) is 0. The number of hydrogen-bond donors (Lipinski definition) is 1. The van der Waals surface area contributed by atoms with Crippen molar-refractivity contribution in [2.24, 2.45) is 0 Å². The van der Waals surface area contributed by atoms with Crippen LogP contribution >= 0.6 is 0 Å². The standard InChI is InChI=1S/C18H14N2O4/c1-2-24-18(23)15-14(21)8-13-16-11(9-20(13)17(15)22)7-10-5-3-4-6-12(10)19-16/h3-8,21H,2,9H2,1H3. The number of esters is 1. The van der Waals surface area contributed by atoms with E-state index in [0.717, 1.165) is 16.5 Å². The normalized spacial score (nSPS) is 12.0. The fraction of sp³-hybridized carbons (Fsp3) is 0.167. The molecule has 0 saturated heterocycles. The van der Waals surface area contributed by atoms with Gasteiger partial charge in [-0.15, -0.1) is 0 Å². The second-order valence-corrected chi connectivity index (χ2v) is 5.59. The number of benzene rings is 1. The summed E-state index contributed by atoms with van der Waals surface area (Å²) in [6.07, 6.45) is 0. The molecule has 1 N–H and O–H groups in total. The third-order valence-electron chi connectivity index (χ3n) is 4.13. The first-order valence-corrected chi connectivity index (χ1v) is 7.63. The molecular weight excluding hydrogens is 308 g/mol. The minimum absolute atomic E-state index is 0.132. The topological polar surface area (TPSA) is 81.4 Å². The average Bonchev–Trinajstić information content (AvgIpc) is 2.91. The lowest BCUT2D eigenvalue weighted by Gasteiger charge is -2.08. The Hall–Kier alpha value is -3.15. The summed E-state index contributed by atoms with van der Waals surface area (Å²) in [4.78, 5) is 29.2. The lowest BCUT2D eigenvalue weighted by molar-refractivity contribution is 0.0520. The zero-order chi connectivity index (χ0) is 16.8. The first-order chi connectivity index (χ1) is 11.6. The van der Waals surface area contributed by atoms with Crippen LogP contribution in [0.4, 0.5) is 0 Å². The van der Waals surface area contributed by atoms with Gasteiger partial charge in [0.1, 0.15) is 5.75 Å². The number of hydrogen-bond acceptors (Lipinski definition) is 5. The zero-order valence-corrected chi connectivity index (χ0v) is 12.9. The molecule has 120 valence electrons. The van der Waals surface area contributed by atoms with Crippen molar-refractivity contribution in [1.82, 2.24) is 9.55 Å². The minimum Gasteiger partial charge on any atom is -0.507 e. The molecule has 0 unspecified atom stereocenters. The third-order valence-corrected chi connectivity index (χ3v) is 4.13. The van der Waals surface area contributed by atoms with Gasteiger partial charge in [-0.3, -0.25) is 4.79 Å². The molecule has 3 heterocycles. The molecule has 0 spiro atoms. The molecule has 0 amide bonds. The Labute approximate surface area is 137 Å². The SMILES string of the molecule is CCOC(=O)c1c(O)cc2n(c1=O)Cc1cc3ccccc3nc1-2. The third kappa shape index (κ3) is 2.00. The molecule has 3 aromatic rings. The van der Waals surface area contributed by atoms with Crippen LogP contribution in [-0.2, 0) is 11.3 Å². The number of carbonyl (C=O) groups is 1. The molecule has 1 aliphatic rings. The predicted octanol–water partition coefficient (Wildman–Crippen LogP) is 2.31. The van der Waals surface area contributed by atoms with Crippen LogP contribution in [0, 0.1) is 0 Å². The van der Waals surface area contributed by atoms with Crippen LogP contribution in [0.1, 0.15) is 22.8 Å². The first-order valence-electron chi connectivity index (χ1n) is 7.63. The van der Waals surface area contributed by atoms with E-state index < -0.39 is 11.5 Å². The van der Waals surface area contributed by atoms with E-state index in [0.29, 0.717) is 17.9 Å². The number of para-hydroxylation sites is 1. The molecule has 0 aliphatic carbocycles. The minimum atomic E-state index is -0.815. The molecule has 1 aliphatic heterocycles. The molecular formula is C18H14N2O4. The van der Waals surface area contributed by atoms with Gasteiger partial charge in [0.15, 0.2) is 5.56 Å². The Kier molecular flexibility index (Phi) is 3.13. The summed E-state index contributed by atoms with van der Waals surface area (Å²) < 4.78 is 6.31. The molecule has 0 bridgehead atoms. The van der Waals surface area contributed by atoms with Crippen LogP contribution in [0.15, 0.2) is 41.2 Å². The number of carbonyl (C=O) groups excluding carboxylic acids is 1. The van der Waals surface area contributed by atoms with E-state index in [1.807, 2.05) is 30.3 Å². The van der Waals surface area contributed by atoms with E-state index in [9.17, 15) is 14.7 Å². The second-order valence-electron chi connectivity index (χ2n) is 5.59. The highest BCUT2D eigenvalue weighted by molar-refractivity contribution is 5.93. The van der Waals surface area contributed by atoms with Gasteiger partial charge >= 0.3 is 5.97 Å². The van der Waals surface area contributed by atoms with Gasteiger partial charge in [-0.25, -0.2) is 9.78 Å². The Balaban J connectivity index is 1.94. The van der Waals surface area contributed by atoms with Crippen LogP contribution < -0.4 is 5.56 Å². The smallest absolute Gasteiger partial charge is 0.347 e. The summed E-state index contributed by atoms with van der Waals surface area (Å²) in [5, 5.41) is 11.1. The Morgan fingerprint density at radius 1 is 1.33 bits per heavy atom. The predicted molar refractivity (Wildman–Crippen MR) is 88.2 cm³/mol. The number of aromatic nitrogens is 2. The van der Waals surface area contributed by atoms with Crippen molar-refractivity contribution in [2.45, 2.75) is 13.5 Å². The van der Waals surface area contributed by atoms with Gasteiger partial charge in [0.2, 0.25) is 0 Å². The van der Waals surface area contributed by atoms with E-state index in [4.69, 9.17) is 4.74 Å². The average molecular weight is 322 g/mol.